The van der Waals surface area contributed by atoms with Crippen molar-refractivity contribution in [1.82, 2.24) is 9.13 Å². The van der Waals surface area contributed by atoms with Crippen molar-refractivity contribution < 1.29 is 9.38 Å². The van der Waals surface area contributed by atoms with Crippen LogP contribution in [0.2, 0.25) is 0 Å². The zero-order chi connectivity index (χ0) is 18.3. The number of aryl methyl sites for hydroxylation is 2. The normalized spacial score (nSPS) is 16.1. The van der Waals surface area contributed by atoms with Crippen molar-refractivity contribution in [2.24, 2.45) is 14.1 Å². The molecule has 3 aromatic rings. The summed E-state index contributed by atoms with van der Waals surface area (Å²) in [5, 5.41) is 2.28. The predicted molar refractivity (Wildman–Crippen MR) is 104 cm³/mol. The summed E-state index contributed by atoms with van der Waals surface area (Å²) < 4.78 is 17.8. The third-order valence-corrected chi connectivity index (χ3v) is 4.90. The summed E-state index contributed by atoms with van der Waals surface area (Å²) in [5.74, 6) is -0.221. The van der Waals surface area contributed by atoms with Crippen LogP contribution in [0, 0.1) is 12.7 Å². The maximum Gasteiger partial charge on any atom is 0.211 e. The van der Waals surface area contributed by atoms with E-state index < -0.39 is 0 Å². The number of nitrogens with one attached hydrogen (secondary N) is 1. The van der Waals surface area contributed by atoms with Gasteiger partial charge in [-0.05, 0) is 61.0 Å². The van der Waals surface area contributed by atoms with Crippen LogP contribution in [0.1, 0.15) is 16.8 Å². The molecule has 4 heteroatoms. The zero-order valence-electron chi connectivity index (χ0n) is 15.1. The van der Waals surface area contributed by atoms with Gasteiger partial charge in [-0.15, -0.1) is 0 Å². The van der Waals surface area contributed by atoms with E-state index in [0.29, 0.717) is 0 Å². The summed E-state index contributed by atoms with van der Waals surface area (Å²) in [4.78, 5) is 3.19. The van der Waals surface area contributed by atoms with E-state index in [4.69, 9.17) is 0 Å². The van der Waals surface area contributed by atoms with E-state index in [0.717, 1.165) is 27.9 Å². The minimum Gasteiger partial charge on any atom is -0.351 e. The van der Waals surface area contributed by atoms with Gasteiger partial charge in [0.05, 0.1) is 11.1 Å². The summed E-state index contributed by atoms with van der Waals surface area (Å²) in [7, 11) is 4.11. The van der Waals surface area contributed by atoms with Gasteiger partial charge in [0.15, 0.2) is 6.21 Å². The Balaban J connectivity index is 1.78. The molecule has 0 amide bonds. The summed E-state index contributed by atoms with van der Waals surface area (Å²) in [5.41, 5.74) is 5.19. The van der Waals surface area contributed by atoms with E-state index in [1.807, 2.05) is 31.6 Å². The number of rotatable bonds is 2. The van der Waals surface area contributed by atoms with Gasteiger partial charge in [-0.3, -0.25) is 0 Å². The van der Waals surface area contributed by atoms with Crippen LogP contribution in [0.3, 0.4) is 0 Å². The summed E-state index contributed by atoms with van der Waals surface area (Å²) in [6, 6.07) is 11.1. The first-order valence-corrected chi connectivity index (χ1v) is 8.60. The lowest BCUT2D eigenvalue weighted by atomic mass is 10.1. The number of benzene rings is 1. The van der Waals surface area contributed by atoms with Crippen molar-refractivity contribution in [2.45, 2.75) is 6.92 Å². The van der Waals surface area contributed by atoms with Crippen molar-refractivity contribution in [3.05, 3.63) is 82.0 Å². The Morgan fingerprint density at radius 3 is 2.69 bits per heavy atom. The first kappa shape index (κ1) is 16.3. The molecule has 0 fully saturated rings. The van der Waals surface area contributed by atoms with Gasteiger partial charge in [0.25, 0.3) is 0 Å². The molecular formula is C22H21FN3+. The second kappa shape index (κ2) is 6.30. The van der Waals surface area contributed by atoms with Crippen LogP contribution < -0.4 is 15.7 Å². The summed E-state index contributed by atoms with van der Waals surface area (Å²) >= 11 is 0. The lowest BCUT2D eigenvalue weighted by molar-refractivity contribution is -0.342. The minimum atomic E-state index is -0.221. The average Bonchev–Trinajstić information content (AvgIpc) is 3.27. The third-order valence-electron chi connectivity index (χ3n) is 4.90. The lowest BCUT2D eigenvalue weighted by Gasteiger charge is -1.98. The van der Waals surface area contributed by atoms with E-state index in [2.05, 4.69) is 52.4 Å². The number of nitrogens with zero attached hydrogens (tertiary/aromatic N) is 2. The Labute approximate surface area is 151 Å². The van der Waals surface area contributed by atoms with E-state index in [1.54, 1.807) is 12.1 Å². The fraction of sp³-hybridized carbons (Fsp3) is 0.136. The van der Waals surface area contributed by atoms with E-state index in [1.165, 1.54) is 17.0 Å². The third kappa shape index (κ3) is 2.84. The molecule has 26 heavy (non-hydrogen) atoms. The van der Waals surface area contributed by atoms with Gasteiger partial charge in [0.1, 0.15) is 5.82 Å². The Morgan fingerprint density at radius 1 is 1.08 bits per heavy atom. The number of hydrogen-bond acceptors (Lipinski definition) is 0. The molecule has 3 heterocycles. The van der Waals surface area contributed by atoms with Gasteiger partial charge in [0.2, 0.25) is 5.69 Å². The van der Waals surface area contributed by atoms with E-state index in [-0.39, 0.29) is 5.82 Å². The molecule has 1 aliphatic rings. The minimum absolute atomic E-state index is 0.221. The van der Waals surface area contributed by atoms with Crippen LogP contribution in [0.5, 0.6) is 0 Å². The van der Waals surface area contributed by atoms with Gasteiger partial charge in [-0.25, -0.2) is 9.38 Å². The zero-order valence-corrected chi connectivity index (χ0v) is 15.1. The maximum absolute atomic E-state index is 13.5. The van der Waals surface area contributed by atoms with Crippen molar-refractivity contribution in [1.29, 1.82) is 0 Å². The molecule has 0 atom stereocenters. The summed E-state index contributed by atoms with van der Waals surface area (Å²) in [6.45, 7) is 2.12. The van der Waals surface area contributed by atoms with Crippen molar-refractivity contribution in [2.75, 3.05) is 0 Å². The van der Waals surface area contributed by atoms with Gasteiger partial charge in [-0.2, -0.15) is 0 Å². The van der Waals surface area contributed by atoms with Gasteiger partial charge in [0, 0.05) is 42.8 Å². The highest BCUT2D eigenvalue weighted by atomic mass is 19.1. The molecule has 0 spiro atoms. The predicted octanol–water partition coefficient (Wildman–Crippen LogP) is 1.30. The highest BCUT2D eigenvalue weighted by molar-refractivity contribution is 6.12. The number of fused-ring (bicyclic) bond motifs is 1. The lowest BCUT2D eigenvalue weighted by Crippen LogP contribution is -2.58. The Hall–Kier alpha value is -3.14. The quantitative estimate of drug-likeness (QED) is 0.723. The Morgan fingerprint density at radius 2 is 1.92 bits per heavy atom. The molecule has 4 rings (SSSR count). The molecule has 1 aliphatic heterocycles. The van der Waals surface area contributed by atoms with Crippen LogP contribution in [0.25, 0.3) is 17.7 Å². The SMILES string of the molecule is Cc1cc(=CC=C2C=[NH+]c3ccc(F)cc32)n(C)c1=Cc1cccn1C. The Bertz CT molecular complexity index is 1170. The van der Waals surface area contributed by atoms with Crippen LogP contribution >= 0.6 is 0 Å². The fourth-order valence-electron chi connectivity index (χ4n) is 3.36. The number of aromatic nitrogens is 2. The smallest absolute Gasteiger partial charge is 0.211 e. The topological polar surface area (TPSA) is 23.8 Å². The molecule has 0 saturated carbocycles. The summed E-state index contributed by atoms with van der Waals surface area (Å²) in [6.07, 6.45) is 10.2. The largest absolute Gasteiger partial charge is 0.351 e. The second-order valence-electron chi connectivity index (χ2n) is 6.65. The average molecular weight is 346 g/mol. The Kier molecular flexibility index (Phi) is 3.96. The monoisotopic (exact) mass is 346 g/mol. The van der Waals surface area contributed by atoms with Gasteiger partial charge in [-0.1, -0.05) is 0 Å². The molecular weight excluding hydrogens is 325 g/mol. The molecule has 0 saturated heterocycles. The molecule has 1 aromatic carbocycles. The van der Waals surface area contributed by atoms with E-state index >= 15 is 0 Å². The van der Waals surface area contributed by atoms with Crippen LogP contribution in [0.15, 0.2) is 48.7 Å². The van der Waals surface area contributed by atoms with Crippen molar-refractivity contribution in [3.63, 3.8) is 0 Å². The molecule has 0 aliphatic carbocycles. The maximum atomic E-state index is 13.5. The van der Waals surface area contributed by atoms with Crippen LogP contribution in [0.4, 0.5) is 10.1 Å². The van der Waals surface area contributed by atoms with Gasteiger partial charge >= 0.3 is 0 Å². The van der Waals surface area contributed by atoms with Crippen LogP contribution in [-0.2, 0) is 14.1 Å². The fourth-order valence-corrected chi connectivity index (χ4v) is 3.36. The standard InChI is InChI=1S/C22H20FN3/c1-15-11-19(26(3)22(15)13-18-5-4-10-25(18)2)8-6-16-14-24-21-9-7-17(23)12-20(16)21/h4-14H,1-3H3/p+1. The van der Waals surface area contributed by atoms with E-state index in [9.17, 15) is 4.39 Å². The van der Waals surface area contributed by atoms with Gasteiger partial charge < -0.3 is 9.13 Å². The molecule has 0 bridgehead atoms. The molecule has 0 unspecified atom stereocenters. The first-order chi connectivity index (χ1) is 12.5. The highest BCUT2D eigenvalue weighted by Gasteiger charge is 2.18. The molecule has 2 aromatic heterocycles. The van der Waals surface area contributed by atoms with Crippen molar-refractivity contribution in [3.8, 4) is 0 Å². The van der Waals surface area contributed by atoms with Crippen LogP contribution in [-0.4, -0.2) is 15.3 Å². The second-order valence-corrected chi connectivity index (χ2v) is 6.65. The number of halogens is 1. The highest BCUT2D eigenvalue weighted by Crippen LogP contribution is 2.22. The molecule has 3 nitrogen and oxygen atoms in total. The van der Waals surface area contributed by atoms with Crippen molar-refractivity contribution >= 4 is 29.6 Å². The first-order valence-electron chi connectivity index (χ1n) is 8.60. The number of allylic oxidation sites excluding steroid dienone is 2. The number of hydrogen-bond donors (Lipinski definition) is 1. The molecule has 0 radical (unpaired) electrons. The molecule has 1 N–H and O–H groups in total. The molecule has 130 valence electrons.